The van der Waals surface area contributed by atoms with Crippen LogP contribution in [0.1, 0.15) is 23.5 Å². The zero-order valence-electron chi connectivity index (χ0n) is 9.22. The molecule has 0 saturated heterocycles. The lowest BCUT2D eigenvalue weighted by Gasteiger charge is -2.19. The van der Waals surface area contributed by atoms with E-state index in [1.165, 1.54) is 4.88 Å². The molecule has 0 saturated carbocycles. The molecule has 2 unspecified atom stereocenters. The van der Waals surface area contributed by atoms with E-state index in [4.69, 9.17) is 5.73 Å². The van der Waals surface area contributed by atoms with Gasteiger partial charge in [0, 0.05) is 27.0 Å². The Morgan fingerprint density at radius 2 is 2.31 bits per heavy atom. The second-order valence-electron chi connectivity index (χ2n) is 3.91. The topological polar surface area (TPSA) is 43.8 Å². The highest BCUT2D eigenvalue weighted by Gasteiger charge is 2.20. The first-order valence-electron chi connectivity index (χ1n) is 5.09. The first kappa shape index (κ1) is 11.8. The Balaban J connectivity index is 2.38. The predicted molar refractivity (Wildman–Crippen MR) is 70.8 cm³/mol. The van der Waals surface area contributed by atoms with E-state index < -0.39 is 0 Å². The molecule has 2 aromatic heterocycles. The largest absolute Gasteiger partial charge is 0.326 e. The Morgan fingerprint density at radius 3 is 2.75 bits per heavy atom. The van der Waals surface area contributed by atoms with Crippen LogP contribution < -0.4 is 5.73 Å². The number of thiophene rings is 1. The van der Waals surface area contributed by atoms with Crippen LogP contribution in [0.2, 0.25) is 0 Å². The number of hydrogen-bond acceptors (Lipinski definition) is 3. The molecule has 3 nitrogen and oxygen atoms in total. The van der Waals surface area contributed by atoms with Crippen molar-refractivity contribution < 1.29 is 0 Å². The Labute approximate surface area is 107 Å². The highest BCUT2D eigenvalue weighted by molar-refractivity contribution is 9.10. The smallest absolute Gasteiger partial charge is 0.101 e. The van der Waals surface area contributed by atoms with E-state index in [-0.39, 0.29) is 12.1 Å². The number of rotatable bonds is 3. The van der Waals surface area contributed by atoms with Crippen molar-refractivity contribution in [1.82, 2.24) is 9.78 Å². The Kier molecular flexibility index (Phi) is 3.47. The summed E-state index contributed by atoms with van der Waals surface area (Å²) in [6, 6.07) is 4.25. The molecule has 0 spiro atoms. The molecule has 16 heavy (non-hydrogen) atoms. The van der Waals surface area contributed by atoms with E-state index in [0.717, 1.165) is 10.2 Å². The van der Waals surface area contributed by atoms with Crippen LogP contribution in [0.3, 0.4) is 0 Å². The van der Waals surface area contributed by atoms with Crippen LogP contribution in [0, 0.1) is 6.92 Å². The molecule has 2 aromatic rings. The first-order chi connectivity index (χ1) is 7.58. The van der Waals surface area contributed by atoms with E-state index in [9.17, 15) is 0 Å². The van der Waals surface area contributed by atoms with Crippen molar-refractivity contribution in [2.75, 3.05) is 0 Å². The lowest BCUT2D eigenvalue weighted by atomic mass is 10.1. The molecule has 0 aliphatic carbocycles. The minimum Gasteiger partial charge on any atom is -0.326 e. The van der Waals surface area contributed by atoms with E-state index in [1.54, 1.807) is 11.3 Å². The van der Waals surface area contributed by atoms with Crippen LogP contribution in [0.5, 0.6) is 0 Å². The van der Waals surface area contributed by atoms with Crippen LogP contribution in [0.15, 0.2) is 28.2 Å². The average molecular weight is 300 g/mol. The fraction of sp³-hybridized carbons (Fsp3) is 0.364. The van der Waals surface area contributed by atoms with Gasteiger partial charge in [0.1, 0.15) is 6.04 Å². The standard InChI is InChI=1S/C11H14BrN3S/c1-7-3-4-15(14-7)11(8(2)13)10-5-9(12)6-16-10/h3-6,8,11H,13H2,1-2H3. The molecule has 0 fully saturated rings. The summed E-state index contributed by atoms with van der Waals surface area (Å²) in [7, 11) is 0. The molecule has 0 aliphatic heterocycles. The van der Waals surface area contributed by atoms with Crippen molar-refractivity contribution in [2.24, 2.45) is 5.73 Å². The van der Waals surface area contributed by atoms with Crippen LogP contribution in [0.25, 0.3) is 0 Å². The van der Waals surface area contributed by atoms with Gasteiger partial charge in [-0.3, -0.25) is 4.68 Å². The van der Waals surface area contributed by atoms with Crippen molar-refractivity contribution >= 4 is 27.3 Å². The third kappa shape index (κ3) is 2.36. The van der Waals surface area contributed by atoms with Crippen LogP contribution in [-0.4, -0.2) is 15.8 Å². The van der Waals surface area contributed by atoms with E-state index >= 15 is 0 Å². The number of hydrogen-bond donors (Lipinski definition) is 1. The zero-order chi connectivity index (χ0) is 11.7. The highest BCUT2D eigenvalue weighted by Crippen LogP contribution is 2.29. The molecule has 2 N–H and O–H groups in total. The van der Waals surface area contributed by atoms with Gasteiger partial charge in [-0.1, -0.05) is 0 Å². The van der Waals surface area contributed by atoms with E-state index in [1.807, 2.05) is 30.8 Å². The maximum Gasteiger partial charge on any atom is 0.101 e. The van der Waals surface area contributed by atoms with Gasteiger partial charge < -0.3 is 5.73 Å². The number of nitrogens with zero attached hydrogens (tertiary/aromatic N) is 2. The van der Waals surface area contributed by atoms with Crippen LogP contribution >= 0.6 is 27.3 Å². The summed E-state index contributed by atoms with van der Waals surface area (Å²) in [4.78, 5) is 1.23. The molecule has 0 bridgehead atoms. The molecular formula is C11H14BrN3S. The lowest BCUT2D eigenvalue weighted by Crippen LogP contribution is -2.30. The molecule has 0 radical (unpaired) electrons. The van der Waals surface area contributed by atoms with Gasteiger partial charge in [-0.2, -0.15) is 5.10 Å². The minimum atomic E-state index is 0.0323. The summed E-state index contributed by atoms with van der Waals surface area (Å²) in [5.41, 5.74) is 7.06. The summed E-state index contributed by atoms with van der Waals surface area (Å²) in [5.74, 6) is 0. The summed E-state index contributed by atoms with van der Waals surface area (Å²) in [6.45, 7) is 3.99. The summed E-state index contributed by atoms with van der Waals surface area (Å²) in [5, 5.41) is 6.52. The van der Waals surface area contributed by atoms with Gasteiger partial charge in [-0.25, -0.2) is 0 Å². The Morgan fingerprint density at radius 1 is 1.56 bits per heavy atom. The summed E-state index contributed by atoms with van der Waals surface area (Å²) in [6.07, 6.45) is 1.98. The summed E-state index contributed by atoms with van der Waals surface area (Å²) >= 11 is 5.17. The Bertz CT molecular complexity index is 435. The monoisotopic (exact) mass is 299 g/mol. The van der Waals surface area contributed by atoms with Crippen molar-refractivity contribution in [3.8, 4) is 0 Å². The van der Waals surface area contributed by atoms with Gasteiger partial charge in [-0.15, -0.1) is 11.3 Å². The van der Waals surface area contributed by atoms with Crippen LogP contribution in [0.4, 0.5) is 0 Å². The molecule has 2 heterocycles. The Hall–Kier alpha value is -0.650. The van der Waals surface area contributed by atoms with Crippen LogP contribution in [-0.2, 0) is 0 Å². The number of aromatic nitrogens is 2. The normalized spacial score (nSPS) is 15.0. The second kappa shape index (κ2) is 4.69. The van der Waals surface area contributed by atoms with Crippen molar-refractivity contribution in [1.29, 1.82) is 0 Å². The average Bonchev–Trinajstić information content (AvgIpc) is 2.76. The number of nitrogens with two attached hydrogens (primary N) is 1. The molecule has 5 heteroatoms. The zero-order valence-corrected chi connectivity index (χ0v) is 11.6. The maximum absolute atomic E-state index is 6.05. The SMILES string of the molecule is Cc1ccn(C(c2cc(Br)cs2)C(C)N)n1. The van der Waals surface area contributed by atoms with Gasteiger partial charge in [0.05, 0.1) is 5.69 Å². The molecular weight excluding hydrogens is 286 g/mol. The lowest BCUT2D eigenvalue weighted by molar-refractivity contribution is 0.458. The van der Waals surface area contributed by atoms with E-state index in [0.29, 0.717) is 0 Å². The third-order valence-electron chi connectivity index (χ3n) is 2.40. The molecule has 86 valence electrons. The fourth-order valence-corrected chi connectivity index (χ4v) is 3.35. The van der Waals surface area contributed by atoms with Crippen molar-refractivity contribution in [3.05, 3.63) is 38.8 Å². The molecule has 2 rings (SSSR count). The van der Waals surface area contributed by atoms with Gasteiger partial charge in [-0.05, 0) is 41.9 Å². The van der Waals surface area contributed by atoms with Gasteiger partial charge in [0.15, 0.2) is 0 Å². The fourth-order valence-electron chi connectivity index (χ4n) is 1.70. The van der Waals surface area contributed by atoms with E-state index in [2.05, 4.69) is 32.5 Å². The minimum absolute atomic E-state index is 0.0323. The highest BCUT2D eigenvalue weighted by atomic mass is 79.9. The number of halogens is 1. The molecule has 2 atom stereocenters. The molecule has 0 aliphatic rings. The first-order valence-corrected chi connectivity index (χ1v) is 6.76. The number of aryl methyl sites for hydroxylation is 1. The second-order valence-corrected chi connectivity index (χ2v) is 5.77. The van der Waals surface area contributed by atoms with Crippen molar-refractivity contribution in [3.63, 3.8) is 0 Å². The van der Waals surface area contributed by atoms with Gasteiger partial charge >= 0.3 is 0 Å². The quantitative estimate of drug-likeness (QED) is 0.947. The molecule has 0 amide bonds. The molecule has 0 aromatic carbocycles. The van der Waals surface area contributed by atoms with Crippen molar-refractivity contribution in [2.45, 2.75) is 25.9 Å². The van der Waals surface area contributed by atoms with Gasteiger partial charge in [0.25, 0.3) is 0 Å². The predicted octanol–water partition coefficient (Wildman–Crippen LogP) is 2.95. The van der Waals surface area contributed by atoms with Gasteiger partial charge in [0.2, 0.25) is 0 Å². The maximum atomic E-state index is 6.05. The third-order valence-corrected chi connectivity index (χ3v) is 4.17. The summed E-state index contributed by atoms with van der Waals surface area (Å²) < 4.78 is 3.04.